The highest BCUT2D eigenvalue weighted by Crippen LogP contribution is 2.29. The Morgan fingerprint density at radius 2 is 2.04 bits per heavy atom. The van der Waals surface area contributed by atoms with E-state index in [1.54, 1.807) is 0 Å². The van der Waals surface area contributed by atoms with Crippen LogP contribution in [0.25, 0.3) is 0 Å². The fraction of sp³-hybridized carbons (Fsp3) is 0.562. The summed E-state index contributed by atoms with van der Waals surface area (Å²) in [6, 6.07) is 4.11. The Balaban J connectivity index is 0.00000312. The molecule has 0 aromatic heterocycles. The third kappa shape index (κ3) is 4.63. The number of benzene rings is 1. The molecule has 1 heterocycles. The van der Waals surface area contributed by atoms with E-state index < -0.39 is 16.0 Å². The predicted octanol–water partition coefficient (Wildman–Crippen LogP) is 1.65. The van der Waals surface area contributed by atoms with Gasteiger partial charge in [-0.05, 0) is 37.8 Å². The number of sulfonamides is 1. The third-order valence-electron chi connectivity index (χ3n) is 4.38. The van der Waals surface area contributed by atoms with Crippen molar-refractivity contribution in [3.05, 3.63) is 23.8 Å². The molecule has 1 aliphatic rings. The minimum absolute atomic E-state index is 0. The van der Waals surface area contributed by atoms with E-state index in [1.807, 2.05) is 6.92 Å². The second-order valence-corrected chi connectivity index (χ2v) is 7.92. The van der Waals surface area contributed by atoms with Crippen molar-refractivity contribution in [2.24, 2.45) is 11.7 Å². The van der Waals surface area contributed by atoms with Gasteiger partial charge in [0.25, 0.3) is 0 Å². The van der Waals surface area contributed by atoms with Crippen molar-refractivity contribution in [2.75, 3.05) is 27.3 Å². The first-order valence-electron chi connectivity index (χ1n) is 7.83. The van der Waals surface area contributed by atoms with Gasteiger partial charge in [-0.15, -0.1) is 12.4 Å². The van der Waals surface area contributed by atoms with Gasteiger partial charge in [-0.25, -0.2) is 13.2 Å². The summed E-state index contributed by atoms with van der Waals surface area (Å²) in [5, 5.41) is 0. The molecule has 25 heavy (non-hydrogen) atoms. The summed E-state index contributed by atoms with van der Waals surface area (Å²) in [4.78, 5) is 11.8. The molecule has 1 aromatic carbocycles. The monoisotopic (exact) mass is 392 g/mol. The van der Waals surface area contributed by atoms with Gasteiger partial charge in [0, 0.05) is 25.2 Å². The Kier molecular flexibility index (Phi) is 7.67. The molecule has 0 amide bonds. The van der Waals surface area contributed by atoms with E-state index >= 15 is 0 Å². The van der Waals surface area contributed by atoms with Crippen molar-refractivity contribution in [2.45, 2.75) is 30.7 Å². The number of methoxy groups -OCH3 is 2. The lowest BCUT2D eigenvalue weighted by molar-refractivity contribution is 0.0597. The van der Waals surface area contributed by atoms with Crippen molar-refractivity contribution < 1.29 is 22.7 Å². The smallest absolute Gasteiger partial charge is 0.341 e. The van der Waals surface area contributed by atoms with E-state index in [0.717, 1.165) is 12.8 Å². The maximum Gasteiger partial charge on any atom is 0.341 e. The second kappa shape index (κ2) is 8.84. The lowest BCUT2D eigenvalue weighted by atomic mass is 9.93. The summed E-state index contributed by atoms with van der Waals surface area (Å²) in [6.45, 7) is 2.77. The van der Waals surface area contributed by atoms with E-state index in [-0.39, 0.29) is 40.6 Å². The lowest BCUT2D eigenvalue weighted by Gasteiger charge is -2.33. The van der Waals surface area contributed by atoms with Crippen LogP contribution in [0.3, 0.4) is 0 Å². The van der Waals surface area contributed by atoms with Gasteiger partial charge in [-0.3, -0.25) is 0 Å². The average molecular weight is 393 g/mol. The number of nitrogens with zero attached hydrogens (tertiary/aromatic N) is 1. The van der Waals surface area contributed by atoms with Gasteiger partial charge in [0.15, 0.2) is 0 Å². The van der Waals surface area contributed by atoms with Crippen LogP contribution in [-0.4, -0.2) is 52.0 Å². The van der Waals surface area contributed by atoms with Crippen molar-refractivity contribution in [3.8, 4) is 5.75 Å². The standard InChI is InChI=1S/C16H24N2O5S.ClH/c1-11(17)12-5-4-8-18(10-12)24(20,21)13-6-7-14(16(19)23-3)15(9-13)22-2;/h6-7,9,11-12H,4-5,8,10,17H2,1-3H3;1H. The van der Waals surface area contributed by atoms with E-state index in [2.05, 4.69) is 4.74 Å². The van der Waals surface area contributed by atoms with Crippen molar-refractivity contribution in [1.82, 2.24) is 4.31 Å². The van der Waals surface area contributed by atoms with E-state index in [1.165, 1.54) is 36.7 Å². The number of ether oxygens (including phenoxy) is 2. The highest BCUT2D eigenvalue weighted by Gasteiger charge is 2.32. The summed E-state index contributed by atoms with van der Waals surface area (Å²) < 4.78 is 37.0. The zero-order valence-corrected chi connectivity index (χ0v) is 16.2. The van der Waals surface area contributed by atoms with Crippen LogP contribution in [0.1, 0.15) is 30.1 Å². The number of halogens is 1. The van der Waals surface area contributed by atoms with Crippen LogP contribution in [0.2, 0.25) is 0 Å². The molecular formula is C16H25ClN2O5S. The van der Waals surface area contributed by atoms with Gasteiger partial charge in [0.1, 0.15) is 11.3 Å². The molecule has 9 heteroatoms. The molecule has 0 saturated carbocycles. The van der Waals surface area contributed by atoms with Crippen LogP contribution in [0, 0.1) is 5.92 Å². The molecule has 2 atom stereocenters. The molecule has 0 spiro atoms. The first-order valence-corrected chi connectivity index (χ1v) is 9.27. The molecule has 2 unspecified atom stereocenters. The van der Waals surface area contributed by atoms with Gasteiger partial charge in [0.2, 0.25) is 10.0 Å². The maximum absolute atomic E-state index is 12.9. The molecular weight excluding hydrogens is 368 g/mol. The van der Waals surface area contributed by atoms with Crippen LogP contribution in [0.4, 0.5) is 0 Å². The number of hydrogen-bond acceptors (Lipinski definition) is 6. The number of carbonyl (C=O) groups excluding carboxylic acids is 1. The molecule has 1 saturated heterocycles. The molecule has 142 valence electrons. The van der Waals surface area contributed by atoms with Crippen molar-refractivity contribution >= 4 is 28.4 Å². The summed E-state index contributed by atoms with van der Waals surface area (Å²) in [6.07, 6.45) is 1.71. The third-order valence-corrected chi connectivity index (χ3v) is 6.24. The number of piperidine rings is 1. The largest absolute Gasteiger partial charge is 0.496 e. The van der Waals surface area contributed by atoms with Gasteiger partial charge < -0.3 is 15.2 Å². The summed E-state index contributed by atoms with van der Waals surface area (Å²) in [7, 11) is -1.03. The minimum atomic E-state index is -3.66. The Hall–Kier alpha value is -1.35. The average Bonchev–Trinajstić information content (AvgIpc) is 2.60. The van der Waals surface area contributed by atoms with Crippen LogP contribution in [0.15, 0.2) is 23.1 Å². The predicted molar refractivity (Wildman–Crippen MR) is 96.7 cm³/mol. The Labute approximate surface area is 154 Å². The zero-order chi connectivity index (χ0) is 17.9. The van der Waals surface area contributed by atoms with Crippen LogP contribution < -0.4 is 10.5 Å². The van der Waals surface area contributed by atoms with Crippen molar-refractivity contribution in [3.63, 3.8) is 0 Å². The first-order chi connectivity index (χ1) is 11.3. The maximum atomic E-state index is 12.9. The van der Waals surface area contributed by atoms with Crippen molar-refractivity contribution in [1.29, 1.82) is 0 Å². The van der Waals surface area contributed by atoms with Crippen LogP contribution in [-0.2, 0) is 14.8 Å². The molecule has 1 fully saturated rings. The Morgan fingerprint density at radius 1 is 1.36 bits per heavy atom. The molecule has 0 radical (unpaired) electrons. The minimum Gasteiger partial charge on any atom is -0.496 e. The van der Waals surface area contributed by atoms with Crippen LogP contribution in [0.5, 0.6) is 5.75 Å². The molecule has 1 aliphatic heterocycles. The SMILES string of the molecule is COC(=O)c1ccc(S(=O)(=O)N2CCCC(C(C)N)C2)cc1OC.Cl. The molecule has 2 rings (SSSR count). The second-order valence-electron chi connectivity index (χ2n) is 5.98. The fourth-order valence-corrected chi connectivity index (χ4v) is 4.43. The molecule has 0 aliphatic carbocycles. The van der Waals surface area contributed by atoms with Gasteiger partial charge in [0.05, 0.1) is 19.1 Å². The van der Waals surface area contributed by atoms with E-state index in [4.69, 9.17) is 10.5 Å². The zero-order valence-electron chi connectivity index (χ0n) is 14.6. The van der Waals surface area contributed by atoms with Gasteiger partial charge in [-0.2, -0.15) is 4.31 Å². The normalized spacial score (nSPS) is 19.6. The molecule has 1 aromatic rings. The summed E-state index contributed by atoms with van der Waals surface area (Å²) in [5.74, 6) is -0.265. The summed E-state index contributed by atoms with van der Waals surface area (Å²) in [5.41, 5.74) is 6.12. The summed E-state index contributed by atoms with van der Waals surface area (Å²) >= 11 is 0. The van der Waals surface area contributed by atoms with Crippen LogP contribution >= 0.6 is 12.4 Å². The van der Waals surface area contributed by atoms with E-state index in [9.17, 15) is 13.2 Å². The first kappa shape index (κ1) is 21.7. The van der Waals surface area contributed by atoms with E-state index in [0.29, 0.717) is 13.1 Å². The topological polar surface area (TPSA) is 98.9 Å². The van der Waals surface area contributed by atoms with Gasteiger partial charge in [-0.1, -0.05) is 0 Å². The highest BCUT2D eigenvalue weighted by molar-refractivity contribution is 7.89. The lowest BCUT2D eigenvalue weighted by Crippen LogP contribution is -2.44. The quantitative estimate of drug-likeness (QED) is 0.765. The molecule has 7 nitrogen and oxygen atoms in total. The number of nitrogens with two attached hydrogens (primary N) is 1. The number of carbonyl (C=O) groups is 1. The van der Waals surface area contributed by atoms with Gasteiger partial charge >= 0.3 is 5.97 Å². The molecule has 2 N–H and O–H groups in total. The number of hydrogen-bond donors (Lipinski definition) is 1. The Morgan fingerprint density at radius 3 is 2.60 bits per heavy atom. The number of esters is 1. The Bertz CT molecular complexity index is 708. The fourth-order valence-electron chi connectivity index (χ4n) is 2.88. The highest BCUT2D eigenvalue weighted by atomic mass is 35.5. The number of rotatable bonds is 5. The molecule has 0 bridgehead atoms.